The molecule has 164 valence electrons. The van der Waals surface area contributed by atoms with Gasteiger partial charge in [0.15, 0.2) is 0 Å². The van der Waals surface area contributed by atoms with Gasteiger partial charge in [-0.15, -0.1) is 0 Å². The average Bonchev–Trinajstić information content (AvgIpc) is 3.10. The molecular weight excluding hydrogens is 404 g/mol. The molecule has 2 heterocycles. The van der Waals surface area contributed by atoms with Gasteiger partial charge in [0, 0.05) is 36.7 Å². The molecule has 3 atom stereocenters. The Morgan fingerprint density at radius 3 is 2.93 bits per heavy atom. The lowest BCUT2D eigenvalue weighted by Gasteiger charge is -2.35. The minimum absolute atomic E-state index is 0.0839. The number of benzene rings is 1. The van der Waals surface area contributed by atoms with Gasteiger partial charge in [0.05, 0.1) is 25.4 Å². The summed E-state index contributed by atoms with van der Waals surface area (Å²) in [6, 6.07) is 6.62. The summed E-state index contributed by atoms with van der Waals surface area (Å²) < 4.78 is 24.8. The van der Waals surface area contributed by atoms with Gasteiger partial charge < -0.3 is 10.6 Å². The van der Waals surface area contributed by atoms with E-state index in [4.69, 9.17) is 4.84 Å². The Balaban J connectivity index is 1.51. The molecule has 0 radical (unpaired) electrons. The molecule has 1 amide bonds. The maximum absolute atomic E-state index is 13.2. The third-order valence-electron chi connectivity index (χ3n) is 6.06. The van der Waals surface area contributed by atoms with Crippen LogP contribution >= 0.6 is 0 Å². The summed E-state index contributed by atoms with van der Waals surface area (Å²) in [6.07, 6.45) is 4.32. The fourth-order valence-corrected chi connectivity index (χ4v) is 5.24. The van der Waals surface area contributed by atoms with E-state index in [9.17, 15) is 13.2 Å². The number of rotatable bonds is 7. The van der Waals surface area contributed by atoms with Gasteiger partial charge in [-0.05, 0) is 31.0 Å². The molecule has 30 heavy (non-hydrogen) atoms. The number of nitrogens with zero attached hydrogens (tertiary/aromatic N) is 1. The highest BCUT2D eigenvalue weighted by molar-refractivity contribution is 7.88. The highest BCUT2D eigenvalue weighted by Gasteiger charge is 2.41. The van der Waals surface area contributed by atoms with Crippen LogP contribution in [0.4, 0.5) is 5.69 Å². The molecule has 0 spiro atoms. The van der Waals surface area contributed by atoms with Crippen molar-refractivity contribution in [2.45, 2.75) is 38.3 Å². The van der Waals surface area contributed by atoms with Gasteiger partial charge in [-0.1, -0.05) is 18.2 Å². The van der Waals surface area contributed by atoms with Gasteiger partial charge in [0.2, 0.25) is 10.0 Å². The van der Waals surface area contributed by atoms with E-state index in [1.54, 1.807) is 0 Å². The van der Waals surface area contributed by atoms with Crippen molar-refractivity contribution >= 4 is 27.2 Å². The number of nitrogens with two attached hydrogens (primary N) is 1. The number of amides is 1. The Kier molecular flexibility index (Phi) is 5.89. The first-order chi connectivity index (χ1) is 14.2. The van der Waals surface area contributed by atoms with Crippen LogP contribution < -0.4 is 15.4 Å². The molecule has 2 aliphatic heterocycles. The van der Waals surface area contributed by atoms with E-state index >= 15 is 0 Å². The van der Waals surface area contributed by atoms with E-state index in [2.05, 4.69) is 39.6 Å². The Bertz CT molecular complexity index is 960. The minimum Gasteiger partial charge on any atom is -0.384 e. The second kappa shape index (κ2) is 8.30. The van der Waals surface area contributed by atoms with Crippen LogP contribution in [0.15, 0.2) is 24.3 Å². The number of anilines is 1. The molecule has 1 aliphatic carbocycles. The summed E-state index contributed by atoms with van der Waals surface area (Å²) >= 11 is 0. The van der Waals surface area contributed by atoms with Crippen LogP contribution in [0.25, 0.3) is 5.57 Å². The molecule has 0 fully saturated rings. The van der Waals surface area contributed by atoms with E-state index in [1.807, 2.05) is 13.8 Å². The molecule has 0 saturated heterocycles. The number of fused-ring (bicyclic) bond motifs is 2. The molecule has 1 unspecified atom stereocenters. The fraction of sp³-hybridized carbons (Fsp3) is 0.571. The highest BCUT2D eigenvalue weighted by atomic mass is 32.2. The summed E-state index contributed by atoms with van der Waals surface area (Å²) in [6.45, 7) is 5.70. The average molecular weight is 436 g/mol. The van der Waals surface area contributed by atoms with Crippen molar-refractivity contribution in [1.29, 1.82) is 0 Å². The first-order valence-electron chi connectivity index (χ1n) is 10.6. The van der Waals surface area contributed by atoms with Crippen molar-refractivity contribution in [3.63, 3.8) is 0 Å². The van der Waals surface area contributed by atoms with E-state index in [0.717, 1.165) is 19.2 Å². The van der Waals surface area contributed by atoms with Crippen molar-refractivity contribution in [1.82, 2.24) is 9.79 Å². The summed E-state index contributed by atoms with van der Waals surface area (Å²) in [4.78, 5) is 18.9. The van der Waals surface area contributed by atoms with Gasteiger partial charge in [-0.3, -0.25) is 9.63 Å². The summed E-state index contributed by atoms with van der Waals surface area (Å²) in [7, 11) is -3.28. The molecule has 0 aromatic heterocycles. The molecule has 0 saturated carbocycles. The molecule has 4 N–H and O–H groups in total. The summed E-state index contributed by atoms with van der Waals surface area (Å²) in [5.41, 5.74) is 5.13. The first kappa shape index (κ1) is 21.3. The first-order valence-corrected chi connectivity index (χ1v) is 12.5. The zero-order valence-electron chi connectivity index (χ0n) is 17.7. The van der Waals surface area contributed by atoms with Gasteiger partial charge in [0.1, 0.15) is 12.0 Å². The molecule has 0 bridgehead atoms. The number of quaternary nitrogens is 1. The van der Waals surface area contributed by atoms with Crippen LogP contribution in [-0.4, -0.2) is 64.0 Å². The van der Waals surface area contributed by atoms with E-state index in [0.29, 0.717) is 18.5 Å². The second-order valence-electron chi connectivity index (χ2n) is 8.64. The Morgan fingerprint density at radius 1 is 1.40 bits per heavy atom. The number of hydrogen-bond acceptors (Lipinski definition) is 5. The lowest BCUT2D eigenvalue weighted by molar-refractivity contribution is -0.682. The molecule has 1 aromatic rings. The number of carbonyl (C=O) groups excluding carboxylic acids is 1. The fourth-order valence-electron chi connectivity index (χ4n) is 4.79. The molecule has 4 rings (SSSR count). The van der Waals surface area contributed by atoms with Crippen molar-refractivity contribution in [3.05, 3.63) is 35.4 Å². The number of hydroxylamine groups is 2. The van der Waals surface area contributed by atoms with Gasteiger partial charge in [-0.25, -0.2) is 18.2 Å². The largest absolute Gasteiger partial charge is 0.384 e. The smallest absolute Gasteiger partial charge is 0.259 e. The van der Waals surface area contributed by atoms with E-state index < -0.39 is 10.0 Å². The number of carbonyl (C=O) groups is 1. The molecule has 8 nitrogen and oxygen atoms in total. The number of nitrogens with one attached hydrogen (secondary N) is 2. The highest BCUT2D eigenvalue weighted by Crippen LogP contribution is 2.45. The monoisotopic (exact) mass is 435 g/mol. The zero-order chi connectivity index (χ0) is 21.5. The number of sulfonamides is 1. The van der Waals surface area contributed by atoms with Gasteiger partial charge in [0.25, 0.3) is 5.91 Å². The third kappa shape index (κ3) is 4.25. The van der Waals surface area contributed by atoms with Crippen LogP contribution in [0.1, 0.15) is 37.3 Å². The van der Waals surface area contributed by atoms with Crippen molar-refractivity contribution in [3.8, 4) is 0 Å². The van der Waals surface area contributed by atoms with E-state index in [1.165, 1.54) is 27.5 Å². The SMILES string of the molecule is CC(C)N(OCCNS(C)(=O)=O)C(=O)[C@@H]1C=C2c3cccc4c3C(CN4)C[C@H]2[NH2+]C1. The lowest BCUT2D eigenvalue weighted by atomic mass is 9.75. The van der Waals surface area contributed by atoms with Crippen LogP contribution in [0.5, 0.6) is 0 Å². The van der Waals surface area contributed by atoms with Crippen molar-refractivity contribution in [2.24, 2.45) is 5.92 Å². The zero-order valence-corrected chi connectivity index (χ0v) is 18.5. The van der Waals surface area contributed by atoms with Crippen LogP contribution in [0.2, 0.25) is 0 Å². The lowest BCUT2D eigenvalue weighted by Crippen LogP contribution is -2.93. The maximum atomic E-state index is 13.2. The molecule has 1 aromatic carbocycles. The standard InChI is InChI=1S/C21H30N4O4S/c1-13(2)25(29-8-7-24-30(3,27)28)21(26)15-9-17-16-5-4-6-18-20(16)14(11-22-18)10-19(17)23-12-15/h4-6,9,13-15,19,22-24H,7-8,10-12H2,1-3H3/p+1/t14?,15-,19-/m1/s1. The van der Waals surface area contributed by atoms with Crippen LogP contribution in [-0.2, 0) is 19.7 Å². The quantitative estimate of drug-likeness (QED) is 0.421. The Labute approximate surface area is 178 Å². The predicted molar refractivity (Wildman–Crippen MR) is 115 cm³/mol. The minimum atomic E-state index is -3.28. The number of hydrogen-bond donors (Lipinski definition) is 3. The molecule has 9 heteroatoms. The van der Waals surface area contributed by atoms with Gasteiger partial charge >= 0.3 is 0 Å². The Morgan fingerprint density at radius 2 is 2.20 bits per heavy atom. The topological polar surface area (TPSA) is 104 Å². The predicted octanol–water partition coefficient (Wildman–Crippen LogP) is 0.262. The third-order valence-corrected chi connectivity index (χ3v) is 6.79. The van der Waals surface area contributed by atoms with Gasteiger partial charge in [-0.2, -0.15) is 0 Å². The molecule has 3 aliphatic rings. The van der Waals surface area contributed by atoms with Crippen LogP contribution in [0, 0.1) is 5.92 Å². The van der Waals surface area contributed by atoms with Crippen molar-refractivity contribution in [2.75, 3.05) is 37.8 Å². The Hall–Kier alpha value is -1.94. The summed E-state index contributed by atoms with van der Waals surface area (Å²) in [5, 5.41) is 7.19. The maximum Gasteiger partial charge on any atom is 0.259 e. The summed E-state index contributed by atoms with van der Waals surface area (Å²) in [5.74, 6) is 0.183. The van der Waals surface area contributed by atoms with E-state index in [-0.39, 0.29) is 31.0 Å². The second-order valence-corrected chi connectivity index (χ2v) is 10.5. The van der Waals surface area contributed by atoms with Crippen molar-refractivity contribution < 1.29 is 23.4 Å². The van der Waals surface area contributed by atoms with Crippen LogP contribution in [0.3, 0.4) is 0 Å². The normalized spacial score (nSPS) is 24.7. The molecular formula is C21H31N4O4S+.